The van der Waals surface area contributed by atoms with Gasteiger partial charge in [0.15, 0.2) is 0 Å². The largest absolute Gasteiger partial charge is 0.507 e. The van der Waals surface area contributed by atoms with E-state index in [9.17, 15) is 14.7 Å². The van der Waals surface area contributed by atoms with E-state index in [1.807, 2.05) is 50.2 Å². The molecule has 0 saturated carbocycles. The maximum absolute atomic E-state index is 13.1. The highest BCUT2D eigenvalue weighted by Gasteiger charge is 2.45. The van der Waals surface area contributed by atoms with E-state index >= 15 is 0 Å². The normalized spacial score (nSPS) is 17.9. The molecule has 1 atom stereocenters. The van der Waals surface area contributed by atoms with Crippen LogP contribution < -0.4 is 4.74 Å². The van der Waals surface area contributed by atoms with Gasteiger partial charge in [0, 0.05) is 23.1 Å². The highest BCUT2D eigenvalue weighted by atomic mass is 79.9. The lowest BCUT2D eigenvalue weighted by Crippen LogP contribution is -2.35. The van der Waals surface area contributed by atoms with Crippen molar-refractivity contribution in [2.24, 2.45) is 5.92 Å². The number of carbonyl (C=O) groups excluding carboxylic acids is 2. The first kappa shape index (κ1) is 25.0. The Kier molecular flexibility index (Phi) is 7.97. The van der Waals surface area contributed by atoms with E-state index in [0.717, 1.165) is 21.3 Å². The summed E-state index contributed by atoms with van der Waals surface area (Å²) < 4.78 is 6.73. The number of ketones is 1. The fourth-order valence-electron chi connectivity index (χ4n) is 3.78. The molecule has 2 aromatic rings. The van der Waals surface area contributed by atoms with E-state index in [2.05, 4.69) is 29.8 Å². The third-order valence-corrected chi connectivity index (χ3v) is 6.06. The van der Waals surface area contributed by atoms with E-state index in [0.29, 0.717) is 31.2 Å². The fourth-order valence-corrected chi connectivity index (χ4v) is 4.04. The first-order valence-electron chi connectivity index (χ1n) is 11.0. The Bertz CT molecular complexity index is 1060. The Morgan fingerprint density at radius 1 is 1.15 bits per heavy atom. The lowest BCUT2D eigenvalue weighted by Gasteiger charge is -2.26. The first-order chi connectivity index (χ1) is 15.6. The number of likely N-dealkylation sites (tertiary alicyclic amines) is 1. The molecule has 0 bridgehead atoms. The Hall–Kier alpha value is -2.64. The summed E-state index contributed by atoms with van der Waals surface area (Å²) in [6.07, 6.45) is 0. The van der Waals surface area contributed by atoms with Crippen molar-refractivity contribution in [2.75, 3.05) is 33.8 Å². The highest BCUT2D eigenvalue weighted by Crippen LogP contribution is 2.40. The molecule has 1 aliphatic heterocycles. The molecule has 1 saturated heterocycles. The summed E-state index contributed by atoms with van der Waals surface area (Å²) in [5, 5.41) is 11.2. The van der Waals surface area contributed by atoms with Crippen molar-refractivity contribution in [3.63, 3.8) is 0 Å². The maximum atomic E-state index is 13.1. The number of nitrogens with zero attached hydrogens (tertiary/aromatic N) is 2. The van der Waals surface area contributed by atoms with Crippen LogP contribution in [-0.2, 0) is 9.59 Å². The summed E-state index contributed by atoms with van der Waals surface area (Å²) in [7, 11) is 3.83. The van der Waals surface area contributed by atoms with Crippen molar-refractivity contribution in [1.82, 2.24) is 9.80 Å². The molecule has 1 aliphatic rings. The number of halogens is 1. The van der Waals surface area contributed by atoms with Crippen LogP contribution in [0.4, 0.5) is 0 Å². The van der Waals surface area contributed by atoms with E-state index in [-0.39, 0.29) is 11.3 Å². The van der Waals surface area contributed by atoms with Gasteiger partial charge in [-0.2, -0.15) is 0 Å². The van der Waals surface area contributed by atoms with E-state index in [1.165, 1.54) is 0 Å². The van der Waals surface area contributed by atoms with Gasteiger partial charge in [-0.05, 0) is 68.4 Å². The Morgan fingerprint density at radius 2 is 1.82 bits per heavy atom. The van der Waals surface area contributed by atoms with Crippen LogP contribution in [0.15, 0.2) is 52.5 Å². The van der Waals surface area contributed by atoms with E-state index < -0.39 is 17.7 Å². The molecule has 0 radical (unpaired) electrons. The monoisotopic (exact) mass is 514 g/mol. The van der Waals surface area contributed by atoms with Gasteiger partial charge >= 0.3 is 0 Å². The molecule has 1 fully saturated rings. The van der Waals surface area contributed by atoms with Gasteiger partial charge in [0.05, 0.1) is 18.2 Å². The number of carbonyl (C=O) groups is 2. The van der Waals surface area contributed by atoms with Crippen molar-refractivity contribution in [3.05, 3.63) is 69.2 Å². The summed E-state index contributed by atoms with van der Waals surface area (Å²) in [6.45, 7) is 7.61. The van der Waals surface area contributed by atoms with Crippen LogP contribution in [0.2, 0.25) is 0 Å². The average molecular weight is 515 g/mol. The summed E-state index contributed by atoms with van der Waals surface area (Å²) >= 11 is 3.43. The van der Waals surface area contributed by atoms with Gasteiger partial charge in [-0.15, -0.1) is 0 Å². The topological polar surface area (TPSA) is 70.1 Å². The molecule has 0 spiro atoms. The third-order valence-electron chi connectivity index (χ3n) is 5.53. The Balaban J connectivity index is 2.06. The molecule has 1 N–H and O–H groups in total. The minimum atomic E-state index is -0.669. The van der Waals surface area contributed by atoms with Crippen molar-refractivity contribution in [3.8, 4) is 5.75 Å². The molecule has 176 valence electrons. The smallest absolute Gasteiger partial charge is 0.295 e. The average Bonchev–Trinajstić information content (AvgIpc) is 3.01. The molecule has 0 aromatic heterocycles. The molecule has 0 aliphatic carbocycles. The molecule has 1 amide bonds. The molecule has 2 aromatic carbocycles. The summed E-state index contributed by atoms with van der Waals surface area (Å²) in [4.78, 5) is 29.6. The van der Waals surface area contributed by atoms with Gasteiger partial charge < -0.3 is 19.6 Å². The SMILES string of the molecule is Cc1cc(/C(O)=C2\C(=O)C(=O)N(CCN(C)C)[C@H]2c2ccc(Br)cc2)ccc1OCC(C)C. The predicted octanol–water partition coefficient (Wildman–Crippen LogP) is 4.78. The van der Waals surface area contributed by atoms with Crippen molar-refractivity contribution in [1.29, 1.82) is 0 Å². The van der Waals surface area contributed by atoms with Crippen molar-refractivity contribution >= 4 is 33.4 Å². The van der Waals surface area contributed by atoms with Crippen molar-refractivity contribution < 1.29 is 19.4 Å². The van der Waals surface area contributed by atoms with Crippen LogP contribution in [0.5, 0.6) is 5.75 Å². The standard InChI is InChI=1S/C26H31BrN2O4/c1-16(2)15-33-21-11-8-19(14-17(21)3)24(30)22-23(18-6-9-20(27)10-7-18)29(13-12-28(4)5)26(32)25(22)31/h6-11,14,16,23,30H,12-13,15H2,1-5H3/b24-22+/t23-/m0/s1. The lowest BCUT2D eigenvalue weighted by molar-refractivity contribution is -0.140. The second-order valence-electron chi connectivity index (χ2n) is 9.03. The number of aliphatic hydroxyl groups is 1. The number of Topliss-reactive ketones (excluding diaryl/α,β-unsaturated/α-hetero) is 1. The van der Waals surface area contributed by atoms with Crippen LogP contribution in [-0.4, -0.2) is 60.4 Å². The molecular formula is C26H31BrN2O4. The number of amides is 1. The number of hydrogen-bond acceptors (Lipinski definition) is 5. The van der Waals surface area contributed by atoms with Crippen molar-refractivity contribution in [2.45, 2.75) is 26.8 Å². The quantitative estimate of drug-likeness (QED) is 0.312. The zero-order valence-corrected chi connectivity index (χ0v) is 21.3. The van der Waals surface area contributed by atoms with Gasteiger partial charge in [-0.3, -0.25) is 9.59 Å². The molecular weight excluding hydrogens is 484 g/mol. The molecule has 0 unspecified atom stereocenters. The number of aliphatic hydroxyl groups excluding tert-OH is 1. The minimum absolute atomic E-state index is 0.108. The number of hydrogen-bond donors (Lipinski definition) is 1. The van der Waals surface area contributed by atoms with Gasteiger partial charge in [0.2, 0.25) is 0 Å². The van der Waals surface area contributed by atoms with Crippen LogP contribution in [0.25, 0.3) is 5.76 Å². The van der Waals surface area contributed by atoms with Crippen LogP contribution in [0, 0.1) is 12.8 Å². The third kappa shape index (κ3) is 5.65. The zero-order chi connectivity index (χ0) is 24.3. The molecule has 7 heteroatoms. The lowest BCUT2D eigenvalue weighted by atomic mass is 9.95. The molecule has 33 heavy (non-hydrogen) atoms. The van der Waals surface area contributed by atoms with Crippen LogP contribution in [0.3, 0.4) is 0 Å². The fraction of sp³-hybridized carbons (Fsp3) is 0.385. The van der Waals surface area contributed by atoms with E-state index in [1.54, 1.807) is 23.1 Å². The molecule has 6 nitrogen and oxygen atoms in total. The van der Waals surface area contributed by atoms with E-state index in [4.69, 9.17) is 4.74 Å². The Morgan fingerprint density at radius 3 is 2.39 bits per heavy atom. The number of likely N-dealkylation sites (N-methyl/N-ethyl adjacent to an activating group) is 1. The van der Waals surface area contributed by atoms with Gasteiger partial charge in [0.1, 0.15) is 11.5 Å². The van der Waals surface area contributed by atoms with Gasteiger partial charge in [0.25, 0.3) is 11.7 Å². The van der Waals surface area contributed by atoms with Crippen LogP contribution >= 0.6 is 15.9 Å². The number of ether oxygens (including phenoxy) is 1. The van der Waals surface area contributed by atoms with Gasteiger partial charge in [-0.1, -0.05) is 41.9 Å². The van der Waals surface area contributed by atoms with Gasteiger partial charge in [-0.25, -0.2) is 0 Å². The second-order valence-corrected chi connectivity index (χ2v) is 9.95. The first-order valence-corrected chi connectivity index (χ1v) is 11.8. The second kappa shape index (κ2) is 10.5. The predicted molar refractivity (Wildman–Crippen MR) is 133 cm³/mol. The molecule has 1 heterocycles. The molecule has 3 rings (SSSR count). The van der Waals surface area contributed by atoms with Crippen LogP contribution in [0.1, 0.15) is 36.6 Å². The Labute approximate surface area is 204 Å². The summed E-state index contributed by atoms with van der Waals surface area (Å²) in [6, 6.07) is 12.1. The highest BCUT2D eigenvalue weighted by molar-refractivity contribution is 9.10. The summed E-state index contributed by atoms with van der Waals surface area (Å²) in [5.41, 5.74) is 2.21. The number of aryl methyl sites for hydroxylation is 1. The summed E-state index contributed by atoms with van der Waals surface area (Å²) in [5.74, 6) is -0.318. The minimum Gasteiger partial charge on any atom is -0.507 e. The number of rotatable bonds is 8. The zero-order valence-electron chi connectivity index (χ0n) is 19.8. The number of benzene rings is 2. The maximum Gasteiger partial charge on any atom is 0.295 e.